The number of aliphatic hydroxyl groups is 1. The molecule has 0 spiro atoms. The summed E-state index contributed by atoms with van der Waals surface area (Å²) in [5, 5.41) is 20.3. The predicted octanol–water partition coefficient (Wildman–Crippen LogP) is -0.0244. The average molecular weight is 325 g/mol. The number of unbranched alkanes of at least 4 members (excludes halogenated alkanes) is 9. The molecule has 0 heterocycles. The van der Waals surface area contributed by atoms with E-state index in [1.165, 1.54) is 51.4 Å². The van der Waals surface area contributed by atoms with Gasteiger partial charge in [0.1, 0.15) is 6.10 Å². The minimum absolute atomic E-state index is 0. The van der Waals surface area contributed by atoms with E-state index in [4.69, 9.17) is 5.11 Å². The molecule has 22 heavy (non-hydrogen) atoms. The van der Waals surface area contributed by atoms with Crippen molar-refractivity contribution in [2.75, 3.05) is 6.54 Å². The molecule has 0 saturated carbocycles. The van der Waals surface area contributed by atoms with Crippen molar-refractivity contribution in [3.63, 3.8) is 0 Å². The van der Waals surface area contributed by atoms with Crippen molar-refractivity contribution in [2.24, 2.45) is 0 Å². The molecule has 0 aliphatic heterocycles. The van der Waals surface area contributed by atoms with Crippen LogP contribution in [0.25, 0.3) is 0 Å². The van der Waals surface area contributed by atoms with E-state index in [0.29, 0.717) is 6.54 Å². The van der Waals surface area contributed by atoms with Crippen molar-refractivity contribution in [1.82, 2.24) is 5.32 Å². The molecule has 0 aliphatic rings. The molecule has 5 nitrogen and oxygen atoms in total. The molecule has 0 aliphatic carbocycles. The number of hydrogen-bond acceptors (Lipinski definition) is 3. The Hall–Kier alpha value is -0.100. The number of hydrogen-bond donors (Lipinski definition) is 3. The van der Waals surface area contributed by atoms with Crippen LogP contribution in [-0.2, 0) is 9.59 Å². The van der Waals surface area contributed by atoms with E-state index in [2.05, 4.69) is 12.2 Å². The van der Waals surface area contributed by atoms with Crippen molar-refractivity contribution in [3.05, 3.63) is 0 Å². The molecule has 0 rings (SSSR count). The Balaban J connectivity index is -0.00000200. The molecule has 1 atom stereocenters. The first-order valence-corrected chi connectivity index (χ1v) is 8.25. The zero-order valence-corrected chi connectivity index (χ0v) is 16.3. The van der Waals surface area contributed by atoms with Gasteiger partial charge in [-0.2, -0.15) is 0 Å². The van der Waals surface area contributed by atoms with Gasteiger partial charge in [-0.15, -0.1) is 0 Å². The van der Waals surface area contributed by atoms with Crippen molar-refractivity contribution in [2.45, 2.75) is 83.7 Å². The molecule has 126 valence electrons. The molecule has 0 fully saturated rings. The molecule has 0 bridgehead atoms. The monoisotopic (exact) mass is 325 g/mol. The van der Waals surface area contributed by atoms with Gasteiger partial charge in [0.15, 0.2) is 0 Å². The Kier molecular flexibility index (Phi) is 18.9. The second kappa shape index (κ2) is 17.3. The van der Waals surface area contributed by atoms with Crippen LogP contribution < -0.4 is 34.9 Å². The minimum atomic E-state index is -1.44. The first kappa shape index (κ1) is 24.2. The van der Waals surface area contributed by atoms with Crippen LogP contribution in [0, 0.1) is 0 Å². The summed E-state index contributed by atoms with van der Waals surface area (Å²) in [5.74, 6) is -1.76. The Morgan fingerprint density at radius 1 is 0.955 bits per heavy atom. The van der Waals surface area contributed by atoms with Gasteiger partial charge in [-0.1, -0.05) is 64.7 Å². The van der Waals surface area contributed by atoms with E-state index >= 15 is 0 Å². The summed E-state index contributed by atoms with van der Waals surface area (Å²) in [6.45, 7) is 2.73. The third-order valence-electron chi connectivity index (χ3n) is 3.50. The molecule has 6 heteroatoms. The first-order valence-electron chi connectivity index (χ1n) is 8.25. The smallest absolute Gasteiger partial charge is 1.00 e. The second-order valence-electron chi connectivity index (χ2n) is 5.59. The van der Waals surface area contributed by atoms with Crippen molar-refractivity contribution in [1.29, 1.82) is 0 Å². The fourth-order valence-corrected chi connectivity index (χ4v) is 2.20. The summed E-state index contributed by atoms with van der Waals surface area (Å²) in [6.07, 6.45) is 10.3. The van der Waals surface area contributed by atoms with E-state index in [1.54, 1.807) is 0 Å². The van der Waals surface area contributed by atoms with E-state index in [9.17, 15) is 14.7 Å². The van der Waals surface area contributed by atoms with Crippen molar-refractivity contribution >= 4 is 11.9 Å². The fourth-order valence-electron chi connectivity index (χ4n) is 2.20. The maximum atomic E-state index is 11.3. The van der Waals surface area contributed by atoms with Gasteiger partial charge in [0.25, 0.3) is 0 Å². The molecule has 0 saturated heterocycles. The molecular weight excluding hydrogens is 293 g/mol. The van der Waals surface area contributed by atoms with Gasteiger partial charge < -0.3 is 17.0 Å². The zero-order valence-electron chi connectivity index (χ0n) is 15.3. The maximum absolute atomic E-state index is 11.3. The van der Waals surface area contributed by atoms with Gasteiger partial charge >= 0.3 is 35.5 Å². The van der Waals surface area contributed by atoms with Gasteiger partial charge in [0.2, 0.25) is 5.91 Å². The largest absolute Gasteiger partial charge is 1.00 e. The van der Waals surface area contributed by atoms with Crippen LogP contribution in [0.15, 0.2) is 0 Å². The molecule has 0 radical (unpaired) electrons. The summed E-state index contributed by atoms with van der Waals surface area (Å²) in [4.78, 5) is 21.6. The molecule has 0 aromatic rings. The molecular formula is C16H32NNaO4. The number of carboxylic acids is 1. The van der Waals surface area contributed by atoms with Crippen LogP contribution in [0.5, 0.6) is 0 Å². The second-order valence-corrected chi connectivity index (χ2v) is 5.59. The predicted molar refractivity (Wildman–Crippen MR) is 84.2 cm³/mol. The van der Waals surface area contributed by atoms with Gasteiger partial charge in [0.05, 0.1) is 6.42 Å². The first-order chi connectivity index (χ1) is 10.1. The van der Waals surface area contributed by atoms with Crippen LogP contribution in [0.1, 0.15) is 79.0 Å². The van der Waals surface area contributed by atoms with Crippen LogP contribution in [-0.4, -0.2) is 34.7 Å². The third kappa shape index (κ3) is 16.3. The SMILES string of the molecule is CCCCCCCCCCCCNC(=O)C(O)CC(=O)O.[H-].[Na+]. The summed E-state index contributed by atoms with van der Waals surface area (Å²) in [7, 11) is 0. The summed E-state index contributed by atoms with van der Waals surface area (Å²) < 4.78 is 0. The number of aliphatic hydroxyl groups excluding tert-OH is 1. The number of nitrogens with one attached hydrogen (secondary N) is 1. The van der Waals surface area contributed by atoms with Gasteiger partial charge in [-0.3, -0.25) is 9.59 Å². The molecule has 3 N–H and O–H groups in total. The van der Waals surface area contributed by atoms with Crippen LogP contribution >= 0.6 is 0 Å². The number of carbonyl (C=O) groups is 2. The van der Waals surface area contributed by atoms with Gasteiger partial charge in [0, 0.05) is 6.54 Å². The number of amides is 1. The zero-order chi connectivity index (χ0) is 15.9. The van der Waals surface area contributed by atoms with E-state index in [0.717, 1.165) is 12.8 Å². The Labute approximate surface area is 158 Å². The quantitative estimate of drug-likeness (QED) is 0.309. The normalized spacial score (nSPS) is 11.5. The average Bonchev–Trinajstić information content (AvgIpc) is 2.43. The van der Waals surface area contributed by atoms with Crippen LogP contribution in [0.3, 0.4) is 0 Å². The Morgan fingerprint density at radius 2 is 1.41 bits per heavy atom. The molecule has 0 aromatic heterocycles. The third-order valence-corrected chi connectivity index (χ3v) is 3.50. The van der Waals surface area contributed by atoms with E-state index < -0.39 is 24.4 Å². The Morgan fingerprint density at radius 3 is 1.86 bits per heavy atom. The number of rotatable bonds is 14. The van der Waals surface area contributed by atoms with E-state index in [1.807, 2.05) is 0 Å². The van der Waals surface area contributed by atoms with E-state index in [-0.39, 0.29) is 31.0 Å². The number of carboxylic acid groups (broad SMARTS) is 1. The van der Waals surface area contributed by atoms with Gasteiger partial charge in [-0.25, -0.2) is 0 Å². The maximum Gasteiger partial charge on any atom is 1.00 e. The summed E-state index contributed by atoms with van der Waals surface area (Å²) in [5.41, 5.74) is 0. The number of carbonyl (C=O) groups excluding carboxylic acids is 1. The van der Waals surface area contributed by atoms with Crippen LogP contribution in [0.2, 0.25) is 0 Å². The molecule has 0 aromatic carbocycles. The minimum Gasteiger partial charge on any atom is -1.00 e. The molecule has 1 unspecified atom stereocenters. The fraction of sp³-hybridized carbons (Fsp3) is 0.875. The van der Waals surface area contributed by atoms with Gasteiger partial charge in [-0.05, 0) is 6.42 Å². The van der Waals surface area contributed by atoms with Crippen molar-refractivity contribution < 1.29 is 50.8 Å². The topological polar surface area (TPSA) is 86.6 Å². The standard InChI is InChI=1S/C16H31NO4.Na.H/c1-2-3-4-5-6-7-8-9-10-11-12-17-16(21)14(18)13-15(19)20;;/h14,18H,2-13H2,1H3,(H,17,21)(H,19,20);;/q;+1;-1. The summed E-state index contributed by atoms with van der Waals surface area (Å²) >= 11 is 0. The van der Waals surface area contributed by atoms with Crippen LogP contribution in [0.4, 0.5) is 0 Å². The number of aliphatic carboxylic acids is 1. The van der Waals surface area contributed by atoms with Crippen molar-refractivity contribution in [3.8, 4) is 0 Å². The Bertz CT molecular complexity index is 293. The molecule has 1 amide bonds. The summed E-state index contributed by atoms with van der Waals surface area (Å²) in [6, 6.07) is 0.